The summed E-state index contributed by atoms with van der Waals surface area (Å²) in [6, 6.07) is 23.1. The second kappa shape index (κ2) is 7.37. The van der Waals surface area contributed by atoms with Gasteiger partial charge in [-0.25, -0.2) is 0 Å². The van der Waals surface area contributed by atoms with Gasteiger partial charge < -0.3 is 15.0 Å². The molecule has 0 fully saturated rings. The molecule has 0 atom stereocenters. The van der Waals surface area contributed by atoms with Gasteiger partial charge in [-0.05, 0) is 48.5 Å². The van der Waals surface area contributed by atoms with Gasteiger partial charge in [0.05, 0.1) is 12.6 Å². The van der Waals surface area contributed by atoms with Crippen molar-refractivity contribution in [2.24, 2.45) is 0 Å². The summed E-state index contributed by atoms with van der Waals surface area (Å²) >= 11 is 0. The van der Waals surface area contributed by atoms with Crippen LogP contribution < -0.4 is 10.1 Å². The number of methoxy groups -OCH3 is 1. The van der Waals surface area contributed by atoms with Crippen molar-refractivity contribution in [2.75, 3.05) is 12.4 Å². The van der Waals surface area contributed by atoms with E-state index < -0.39 is 0 Å². The number of carbonyl (C=O) groups excluding carboxylic acids is 1. The zero-order valence-corrected chi connectivity index (χ0v) is 16.3. The third kappa shape index (κ3) is 3.16. The Hall–Kier alpha value is -4.12. The number of carbonyl (C=O) groups is 1. The van der Waals surface area contributed by atoms with Crippen molar-refractivity contribution in [3.63, 3.8) is 0 Å². The molecule has 0 amide bonds. The first-order valence-electron chi connectivity index (χ1n) is 9.63. The number of nitrogens with one attached hydrogen (secondary N) is 2. The maximum absolute atomic E-state index is 13.4. The molecule has 2 aromatic heterocycles. The minimum absolute atomic E-state index is 0.0445. The molecule has 146 valence electrons. The molecule has 0 unspecified atom stereocenters. The highest BCUT2D eigenvalue weighted by atomic mass is 16.5. The van der Waals surface area contributed by atoms with E-state index >= 15 is 0 Å². The standard InChI is InChI=1S/C25H19N3O2/c1-30-18-9-10-19-21(15-27-24(19)14-18)25(29)20-6-2-3-7-23(20)28-17-8-11-22-16(13-17)5-4-12-26-22/h2-15,27-28H,1H3. The third-order valence-corrected chi connectivity index (χ3v) is 5.19. The fourth-order valence-electron chi connectivity index (χ4n) is 3.66. The highest BCUT2D eigenvalue weighted by Crippen LogP contribution is 2.29. The molecule has 5 aromatic rings. The Kier molecular flexibility index (Phi) is 4.41. The van der Waals surface area contributed by atoms with Crippen molar-refractivity contribution in [2.45, 2.75) is 0 Å². The maximum atomic E-state index is 13.4. The van der Waals surface area contributed by atoms with Gasteiger partial charge in [0.2, 0.25) is 0 Å². The molecule has 3 aromatic carbocycles. The van der Waals surface area contributed by atoms with E-state index in [-0.39, 0.29) is 5.78 Å². The zero-order chi connectivity index (χ0) is 20.5. The number of aromatic nitrogens is 2. The molecule has 2 heterocycles. The molecule has 0 saturated heterocycles. The molecule has 5 heteroatoms. The van der Waals surface area contributed by atoms with E-state index in [1.165, 1.54) is 0 Å². The molecule has 5 nitrogen and oxygen atoms in total. The lowest BCUT2D eigenvalue weighted by Gasteiger charge is -2.12. The predicted octanol–water partition coefficient (Wildman–Crippen LogP) is 5.70. The molecule has 0 radical (unpaired) electrons. The van der Waals surface area contributed by atoms with Gasteiger partial charge in [-0.3, -0.25) is 9.78 Å². The van der Waals surface area contributed by atoms with Crippen LogP contribution in [0.5, 0.6) is 5.75 Å². The number of benzene rings is 3. The number of nitrogens with zero attached hydrogens (tertiary/aromatic N) is 1. The van der Waals surface area contributed by atoms with Crippen LogP contribution in [0.2, 0.25) is 0 Å². The quantitative estimate of drug-likeness (QED) is 0.376. The predicted molar refractivity (Wildman–Crippen MR) is 120 cm³/mol. The summed E-state index contributed by atoms with van der Waals surface area (Å²) in [5, 5.41) is 5.30. The summed E-state index contributed by atoms with van der Waals surface area (Å²) in [4.78, 5) is 20.9. The van der Waals surface area contributed by atoms with E-state index in [9.17, 15) is 4.79 Å². The highest BCUT2D eigenvalue weighted by Gasteiger charge is 2.18. The Morgan fingerprint density at radius 1 is 0.967 bits per heavy atom. The van der Waals surface area contributed by atoms with Crippen molar-refractivity contribution in [3.8, 4) is 5.75 Å². The second-order valence-electron chi connectivity index (χ2n) is 7.02. The van der Waals surface area contributed by atoms with Gasteiger partial charge in [-0.2, -0.15) is 0 Å². The Morgan fingerprint density at radius 3 is 2.77 bits per heavy atom. The van der Waals surface area contributed by atoms with Crippen LogP contribution in [0.15, 0.2) is 85.2 Å². The highest BCUT2D eigenvalue weighted by molar-refractivity contribution is 6.18. The van der Waals surface area contributed by atoms with E-state index in [4.69, 9.17) is 4.74 Å². The minimum Gasteiger partial charge on any atom is -0.497 e. The number of anilines is 2. The number of ether oxygens (including phenoxy) is 1. The summed E-state index contributed by atoms with van der Waals surface area (Å²) in [6.45, 7) is 0. The van der Waals surface area contributed by atoms with E-state index in [0.717, 1.165) is 38.9 Å². The lowest BCUT2D eigenvalue weighted by atomic mass is 10.0. The SMILES string of the molecule is COc1ccc2c(C(=O)c3ccccc3Nc3ccc4ncccc4c3)c[nH]c2c1. The molecule has 0 aliphatic rings. The molecule has 0 aliphatic carbocycles. The fraction of sp³-hybridized carbons (Fsp3) is 0.0400. The summed E-state index contributed by atoms with van der Waals surface area (Å²) in [5.41, 5.74) is 4.70. The number of pyridine rings is 1. The first-order chi connectivity index (χ1) is 14.7. The molecule has 0 bridgehead atoms. The Labute approximate surface area is 173 Å². The molecule has 0 saturated carbocycles. The van der Waals surface area contributed by atoms with Gasteiger partial charge >= 0.3 is 0 Å². The fourth-order valence-corrected chi connectivity index (χ4v) is 3.66. The lowest BCUT2D eigenvalue weighted by Crippen LogP contribution is -2.05. The Morgan fingerprint density at radius 2 is 1.87 bits per heavy atom. The second-order valence-corrected chi connectivity index (χ2v) is 7.02. The monoisotopic (exact) mass is 393 g/mol. The van der Waals surface area contributed by atoms with Crippen molar-refractivity contribution in [1.29, 1.82) is 0 Å². The van der Waals surface area contributed by atoms with Gasteiger partial charge in [0.1, 0.15) is 5.75 Å². The summed E-state index contributed by atoms with van der Waals surface area (Å²) in [6.07, 6.45) is 3.53. The van der Waals surface area contributed by atoms with Gasteiger partial charge in [-0.1, -0.05) is 18.2 Å². The van der Waals surface area contributed by atoms with E-state index in [1.807, 2.05) is 72.8 Å². The molecule has 0 spiro atoms. The van der Waals surface area contributed by atoms with Gasteiger partial charge in [0, 0.05) is 57.3 Å². The third-order valence-electron chi connectivity index (χ3n) is 5.19. The van der Waals surface area contributed by atoms with Crippen LogP contribution in [0, 0.1) is 0 Å². The average Bonchev–Trinajstić information content (AvgIpc) is 3.22. The Bertz CT molecular complexity index is 1390. The number of ketones is 1. The van der Waals surface area contributed by atoms with Crippen LogP contribution in [0.4, 0.5) is 11.4 Å². The first-order valence-corrected chi connectivity index (χ1v) is 9.63. The van der Waals surface area contributed by atoms with Crippen LogP contribution in [-0.4, -0.2) is 22.9 Å². The topological polar surface area (TPSA) is 67.0 Å². The largest absolute Gasteiger partial charge is 0.497 e. The first kappa shape index (κ1) is 17.9. The van der Waals surface area contributed by atoms with Gasteiger partial charge in [0.25, 0.3) is 0 Å². The number of hydrogen-bond acceptors (Lipinski definition) is 4. The lowest BCUT2D eigenvalue weighted by molar-refractivity contribution is 0.104. The number of hydrogen-bond donors (Lipinski definition) is 2. The Balaban J connectivity index is 1.52. The minimum atomic E-state index is -0.0445. The summed E-state index contributed by atoms with van der Waals surface area (Å²) in [5.74, 6) is 0.702. The normalized spacial score (nSPS) is 11.0. The number of rotatable bonds is 5. The molecule has 2 N–H and O–H groups in total. The van der Waals surface area contributed by atoms with Gasteiger partial charge in [0.15, 0.2) is 5.78 Å². The molecular weight excluding hydrogens is 374 g/mol. The van der Waals surface area contributed by atoms with Crippen LogP contribution in [0.3, 0.4) is 0 Å². The number of aromatic amines is 1. The van der Waals surface area contributed by atoms with Crippen LogP contribution in [0.1, 0.15) is 15.9 Å². The maximum Gasteiger partial charge on any atom is 0.197 e. The summed E-state index contributed by atoms with van der Waals surface area (Å²) < 4.78 is 5.27. The number of H-pyrrole nitrogens is 1. The average molecular weight is 393 g/mol. The van der Waals surface area contributed by atoms with Crippen molar-refractivity contribution < 1.29 is 9.53 Å². The van der Waals surface area contributed by atoms with Crippen LogP contribution in [-0.2, 0) is 0 Å². The number of para-hydroxylation sites is 1. The smallest absolute Gasteiger partial charge is 0.197 e. The zero-order valence-electron chi connectivity index (χ0n) is 16.3. The van der Waals surface area contributed by atoms with Crippen molar-refractivity contribution in [1.82, 2.24) is 9.97 Å². The molecular formula is C25H19N3O2. The van der Waals surface area contributed by atoms with Crippen LogP contribution >= 0.6 is 0 Å². The van der Waals surface area contributed by atoms with Crippen molar-refractivity contribution in [3.05, 3.63) is 96.3 Å². The molecule has 0 aliphatic heterocycles. The van der Waals surface area contributed by atoms with E-state index in [2.05, 4.69) is 15.3 Å². The van der Waals surface area contributed by atoms with E-state index in [0.29, 0.717) is 11.1 Å². The molecule has 30 heavy (non-hydrogen) atoms. The van der Waals surface area contributed by atoms with Crippen molar-refractivity contribution >= 4 is 39.0 Å². The number of fused-ring (bicyclic) bond motifs is 2. The van der Waals surface area contributed by atoms with Gasteiger partial charge in [-0.15, -0.1) is 0 Å². The van der Waals surface area contributed by atoms with E-state index in [1.54, 1.807) is 19.5 Å². The summed E-state index contributed by atoms with van der Waals surface area (Å²) in [7, 11) is 1.63. The van der Waals surface area contributed by atoms with Crippen LogP contribution in [0.25, 0.3) is 21.8 Å². The molecule has 5 rings (SSSR count).